The molecule has 1 aliphatic heterocycles. The molecule has 6 nitrogen and oxygen atoms in total. The molecule has 2 aromatic rings. The maximum Gasteiger partial charge on any atom is 0.433 e. The number of carbonyl (C=O) groups is 2. The average molecular weight is 418 g/mol. The fourth-order valence-electron chi connectivity index (χ4n) is 3.84. The third-order valence-corrected chi connectivity index (χ3v) is 5.90. The summed E-state index contributed by atoms with van der Waals surface area (Å²) < 4.78 is 39.7. The first kappa shape index (κ1) is 20.2. The van der Waals surface area contributed by atoms with Crippen LogP contribution in [0.2, 0.25) is 0 Å². The number of nitrogens with zero attached hydrogens (tertiary/aromatic N) is 2. The second-order valence-corrected chi connectivity index (χ2v) is 7.95. The highest BCUT2D eigenvalue weighted by atomic mass is 19.4. The van der Waals surface area contributed by atoms with Crippen LogP contribution in [-0.4, -0.2) is 29.9 Å². The number of pyridine rings is 1. The molecule has 9 heteroatoms. The number of nitrogens with one attached hydrogen (secondary N) is 1. The number of benzene rings is 1. The highest BCUT2D eigenvalue weighted by Crippen LogP contribution is 2.54. The van der Waals surface area contributed by atoms with Crippen LogP contribution in [0.25, 0.3) is 0 Å². The molecule has 2 amide bonds. The van der Waals surface area contributed by atoms with E-state index in [9.17, 15) is 22.8 Å². The molecule has 3 N–H and O–H groups in total. The van der Waals surface area contributed by atoms with Crippen LogP contribution in [0.4, 0.5) is 24.7 Å². The highest BCUT2D eigenvalue weighted by molar-refractivity contribution is 6.08. The first-order valence-electron chi connectivity index (χ1n) is 9.71. The van der Waals surface area contributed by atoms with Gasteiger partial charge in [-0.1, -0.05) is 6.07 Å². The number of anilines is 2. The van der Waals surface area contributed by atoms with Crippen molar-refractivity contribution in [3.63, 3.8) is 0 Å². The summed E-state index contributed by atoms with van der Waals surface area (Å²) in [6, 6.07) is 8.00. The Balaban J connectivity index is 1.63. The van der Waals surface area contributed by atoms with Gasteiger partial charge >= 0.3 is 6.18 Å². The zero-order chi connectivity index (χ0) is 21.5. The first-order valence-corrected chi connectivity index (χ1v) is 9.71. The SMILES string of the molecule is NC(=O)c1cccc(NC(=O)c2ccc(C(F)(F)F)nc2N2CCC3(CC2)CC3)c1. The van der Waals surface area contributed by atoms with Crippen LogP contribution >= 0.6 is 0 Å². The zero-order valence-corrected chi connectivity index (χ0v) is 16.1. The van der Waals surface area contributed by atoms with Gasteiger partial charge in [0, 0.05) is 24.3 Å². The van der Waals surface area contributed by atoms with Crippen LogP contribution in [0, 0.1) is 5.41 Å². The Kier molecular flexibility index (Phi) is 4.91. The minimum absolute atomic E-state index is 0.0314. The van der Waals surface area contributed by atoms with E-state index < -0.39 is 23.7 Å². The van der Waals surface area contributed by atoms with Gasteiger partial charge in [-0.15, -0.1) is 0 Å². The van der Waals surface area contributed by atoms with E-state index in [1.807, 2.05) is 0 Å². The Labute approximate surface area is 171 Å². The Bertz CT molecular complexity index is 992. The van der Waals surface area contributed by atoms with Crippen molar-refractivity contribution in [1.82, 2.24) is 4.98 Å². The van der Waals surface area contributed by atoms with E-state index in [1.165, 1.54) is 12.1 Å². The lowest BCUT2D eigenvalue weighted by molar-refractivity contribution is -0.141. The summed E-state index contributed by atoms with van der Waals surface area (Å²) in [5, 5.41) is 2.63. The summed E-state index contributed by atoms with van der Waals surface area (Å²) in [7, 11) is 0. The Morgan fingerprint density at radius 2 is 1.77 bits per heavy atom. The molecule has 2 aliphatic rings. The van der Waals surface area contributed by atoms with Gasteiger partial charge < -0.3 is 16.0 Å². The lowest BCUT2D eigenvalue weighted by Gasteiger charge is -2.34. The van der Waals surface area contributed by atoms with Crippen molar-refractivity contribution in [2.24, 2.45) is 11.1 Å². The van der Waals surface area contributed by atoms with E-state index in [4.69, 9.17) is 5.73 Å². The number of alkyl halides is 3. The maximum atomic E-state index is 13.2. The molecule has 4 rings (SSSR count). The van der Waals surface area contributed by atoms with Crippen molar-refractivity contribution >= 4 is 23.3 Å². The zero-order valence-electron chi connectivity index (χ0n) is 16.1. The van der Waals surface area contributed by atoms with E-state index >= 15 is 0 Å². The Morgan fingerprint density at radius 3 is 2.37 bits per heavy atom. The largest absolute Gasteiger partial charge is 0.433 e. The predicted molar refractivity (Wildman–Crippen MR) is 105 cm³/mol. The lowest BCUT2D eigenvalue weighted by Crippen LogP contribution is -2.36. The minimum atomic E-state index is -4.60. The number of piperidine rings is 1. The predicted octanol–water partition coefficient (Wildman–Crippen LogP) is 3.83. The van der Waals surface area contributed by atoms with Gasteiger partial charge in [0.25, 0.3) is 5.91 Å². The van der Waals surface area contributed by atoms with Crippen LogP contribution in [-0.2, 0) is 6.18 Å². The summed E-state index contributed by atoms with van der Waals surface area (Å²) in [4.78, 5) is 29.8. The monoisotopic (exact) mass is 418 g/mol. The molecule has 0 bridgehead atoms. The smallest absolute Gasteiger partial charge is 0.366 e. The summed E-state index contributed by atoms with van der Waals surface area (Å²) >= 11 is 0. The number of hydrogen-bond acceptors (Lipinski definition) is 4. The highest BCUT2D eigenvalue weighted by Gasteiger charge is 2.45. The van der Waals surface area contributed by atoms with Crippen LogP contribution in [0.15, 0.2) is 36.4 Å². The summed E-state index contributed by atoms with van der Waals surface area (Å²) in [5.74, 6) is -1.21. The lowest BCUT2D eigenvalue weighted by atomic mass is 9.93. The molecule has 30 heavy (non-hydrogen) atoms. The third-order valence-electron chi connectivity index (χ3n) is 5.90. The van der Waals surface area contributed by atoms with Crippen LogP contribution in [0.1, 0.15) is 52.1 Å². The molecule has 2 heterocycles. The maximum absolute atomic E-state index is 13.2. The molecule has 1 aromatic heterocycles. The van der Waals surface area contributed by atoms with Gasteiger partial charge in [0.15, 0.2) is 0 Å². The molecule has 0 unspecified atom stereocenters. The second kappa shape index (κ2) is 7.30. The number of aromatic nitrogens is 1. The fourth-order valence-corrected chi connectivity index (χ4v) is 3.84. The number of nitrogens with two attached hydrogens (primary N) is 1. The number of carbonyl (C=O) groups excluding carboxylic acids is 2. The van der Waals surface area contributed by atoms with E-state index in [2.05, 4.69) is 10.3 Å². The molecule has 1 aromatic carbocycles. The summed E-state index contributed by atoms with van der Waals surface area (Å²) in [5.41, 5.74) is 5.14. The van der Waals surface area contributed by atoms with Crippen molar-refractivity contribution in [3.8, 4) is 0 Å². The van der Waals surface area contributed by atoms with Gasteiger partial charge in [-0.05, 0) is 61.4 Å². The first-order chi connectivity index (χ1) is 14.2. The standard InChI is InChI=1S/C21H21F3N4O2/c22-21(23,24)16-5-4-15(18(27-16)28-10-8-20(6-7-20)9-11-28)19(30)26-14-3-1-2-13(12-14)17(25)29/h1-5,12H,6-11H2,(H2,25,29)(H,26,30). The molecule has 1 saturated carbocycles. The topological polar surface area (TPSA) is 88.3 Å². The van der Waals surface area contributed by atoms with Gasteiger partial charge in [-0.25, -0.2) is 4.98 Å². The Morgan fingerprint density at radius 1 is 1.07 bits per heavy atom. The van der Waals surface area contributed by atoms with E-state index in [1.54, 1.807) is 17.0 Å². The van der Waals surface area contributed by atoms with Crippen LogP contribution < -0.4 is 16.0 Å². The third kappa shape index (κ3) is 4.10. The van der Waals surface area contributed by atoms with E-state index in [0.717, 1.165) is 37.8 Å². The van der Waals surface area contributed by atoms with Gasteiger partial charge in [0.05, 0.1) is 5.56 Å². The van der Waals surface area contributed by atoms with Gasteiger partial charge in [0.2, 0.25) is 5.91 Å². The summed E-state index contributed by atoms with van der Waals surface area (Å²) in [6.45, 7) is 1.12. The number of amides is 2. The number of rotatable bonds is 4. The van der Waals surface area contributed by atoms with Crippen LogP contribution in [0.3, 0.4) is 0 Å². The molecule has 1 saturated heterocycles. The number of hydrogen-bond donors (Lipinski definition) is 2. The van der Waals surface area contributed by atoms with E-state index in [-0.39, 0.29) is 16.9 Å². The molecule has 0 atom stereocenters. The van der Waals surface area contributed by atoms with Gasteiger partial charge in [-0.2, -0.15) is 13.2 Å². The summed E-state index contributed by atoms with van der Waals surface area (Å²) in [6.07, 6.45) is -0.535. The number of primary amides is 1. The van der Waals surface area contributed by atoms with Gasteiger partial charge in [-0.3, -0.25) is 9.59 Å². The molecule has 1 aliphatic carbocycles. The van der Waals surface area contributed by atoms with Crippen molar-refractivity contribution in [1.29, 1.82) is 0 Å². The minimum Gasteiger partial charge on any atom is -0.366 e. The second-order valence-electron chi connectivity index (χ2n) is 7.95. The van der Waals surface area contributed by atoms with Crippen molar-refractivity contribution < 1.29 is 22.8 Å². The van der Waals surface area contributed by atoms with Gasteiger partial charge in [0.1, 0.15) is 11.5 Å². The normalized spacial score (nSPS) is 17.6. The number of halogens is 3. The fraction of sp³-hybridized carbons (Fsp3) is 0.381. The molecule has 2 fully saturated rings. The Hall–Kier alpha value is -3.10. The molecule has 158 valence electrons. The molecule has 1 spiro atoms. The average Bonchev–Trinajstić information content (AvgIpc) is 3.46. The quantitative estimate of drug-likeness (QED) is 0.790. The van der Waals surface area contributed by atoms with Crippen molar-refractivity contribution in [3.05, 3.63) is 53.2 Å². The van der Waals surface area contributed by atoms with Crippen LogP contribution in [0.5, 0.6) is 0 Å². The molecular weight excluding hydrogens is 397 g/mol. The molecule has 0 radical (unpaired) electrons. The van der Waals surface area contributed by atoms with E-state index in [0.29, 0.717) is 24.2 Å². The van der Waals surface area contributed by atoms with Crippen molar-refractivity contribution in [2.45, 2.75) is 31.9 Å². The molecular formula is C21H21F3N4O2. The van der Waals surface area contributed by atoms with Crippen molar-refractivity contribution in [2.75, 3.05) is 23.3 Å².